The third-order valence-electron chi connectivity index (χ3n) is 2.31. The van der Waals surface area contributed by atoms with Crippen LogP contribution < -0.4 is 5.32 Å². The number of benzene rings is 1. The van der Waals surface area contributed by atoms with Crippen LogP contribution in [-0.4, -0.2) is 11.1 Å². The fourth-order valence-corrected chi connectivity index (χ4v) is 1.59. The Morgan fingerprint density at radius 3 is 2.87 bits per heavy atom. The van der Waals surface area contributed by atoms with Crippen molar-refractivity contribution >= 4 is 11.6 Å². The highest BCUT2D eigenvalue weighted by atomic mass is 35.5. The third kappa shape index (κ3) is 3.26. The number of aryl methyl sites for hydroxylation is 1. The first kappa shape index (κ1) is 12.1. The van der Waals surface area contributed by atoms with Gasteiger partial charge in [-0.3, -0.25) is 0 Å². The number of phenols is 1. The summed E-state index contributed by atoms with van der Waals surface area (Å²) in [5, 5.41) is 13.6. The molecule has 0 aliphatic heterocycles. The summed E-state index contributed by atoms with van der Waals surface area (Å²) in [6.45, 7) is 8.10. The van der Waals surface area contributed by atoms with Gasteiger partial charge in [0.25, 0.3) is 0 Å². The van der Waals surface area contributed by atoms with E-state index < -0.39 is 0 Å². The van der Waals surface area contributed by atoms with Crippen LogP contribution in [0.15, 0.2) is 24.8 Å². The second-order valence-electron chi connectivity index (χ2n) is 3.64. The van der Waals surface area contributed by atoms with Gasteiger partial charge < -0.3 is 10.4 Å². The predicted octanol–water partition coefficient (Wildman–Crippen LogP) is 3.02. The lowest BCUT2D eigenvalue weighted by atomic mass is 10.1. The van der Waals surface area contributed by atoms with E-state index in [1.54, 1.807) is 12.1 Å². The van der Waals surface area contributed by atoms with E-state index >= 15 is 0 Å². The summed E-state index contributed by atoms with van der Waals surface area (Å²) in [6.07, 6.45) is 1.81. The van der Waals surface area contributed by atoms with Gasteiger partial charge in [-0.1, -0.05) is 17.7 Å². The molecule has 0 radical (unpaired) electrons. The Balaban J connectivity index is 2.80. The first-order chi connectivity index (χ1) is 7.04. The van der Waals surface area contributed by atoms with Gasteiger partial charge in [0.1, 0.15) is 5.75 Å². The van der Waals surface area contributed by atoms with Crippen molar-refractivity contribution in [1.29, 1.82) is 0 Å². The number of nitrogens with one attached hydrogen (secondary N) is 1. The van der Waals surface area contributed by atoms with Crippen LogP contribution in [0.1, 0.15) is 18.1 Å². The van der Waals surface area contributed by atoms with E-state index in [2.05, 4.69) is 11.9 Å². The molecule has 82 valence electrons. The van der Waals surface area contributed by atoms with Crippen LogP contribution in [0.25, 0.3) is 0 Å². The molecule has 3 heteroatoms. The summed E-state index contributed by atoms with van der Waals surface area (Å²) >= 11 is 5.91. The SMILES string of the molecule is C=CC(C)NCc1cc(Cl)cc(C)c1O. The molecule has 1 aromatic rings. The van der Waals surface area contributed by atoms with Gasteiger partial charge in [0.2, 0.25) is 0 Å². The third-order valence-corrected chi connectivity index (χ3v) is 2.53. The largest absolute Gasteiger partial charge is 0.507 e. The first-order valence-electron chi connectivity index (χ1n) is 4.88. The van der Waals surface area contributed by atoms with Gasteiger partial charge in [-0.15, -0.1) is 6.58 Å². The molecule has 0 heterocycles. The van der Waals surface area contributed by atoms with Crippen LogP contribution in [-0.2, 0) is 6.54 Å². The number of rotatable bonds is 4. The van der Waals surface area contributed by atoms with Gasteiger partial charge >= 0.3 is 0 Å². The minimum Gasteiger partial charge on any atom is -0.507 e. The lowest BCUT2D eigenvalue weighted by Crippen LogP contribution is -2.23. The van der Waals surface area contributed by atoms with Crippen LogP contribution in [0.3, 0.4) is 0 Å². The molecule has 0 amide bonds. The van der Waals surface area contributed by atoms with Crippen LogP contribution in [0.2, 0.25) is 5.02 Å². The second-order valence-corrected chi connectivity index (χ2v) is 4.07. The Hall–Kier alpha value is -0.990. The van der Waals surface area contributed by atoms with E-state index in [1.807, 2.05) is 19.9 Å². The van der Waals surface area contributed by atoms with Crippen molar-refractivity contribution in [2.24, 2.45) is 0 Å². The molecule has 0 spiro atoms. The summed E-state index contributed by atoms with van der Waals surface area (Å²) in [5.74, 6) is 0.308. The molecule has 1 rings (SSSR count). The van der Waals surface area contributed by atoms with Crippen molar-refractivity contribution in [1.82, 2.24) is 5.32 Å². The topological polar surface area (TPSA) is 32.3 Å². The normalized spacial score (nSPS) is 12.5. The predicted molar refractivity (Wildman–Crippen MR) is 64.4 cm³/mol. The summed E-state index contributed by atoms with van der Waals surface area (Å²) in [5.41, 5.74) is 1.61. The zero-order chi connectivity index (χ0) is 11.4. The highest BCUT2D eigenvalue weighted by molar-refractivity contribution is 6.30. The van der Waals surface area contributed by atoms with Crippen LogP contribution in [0, 0.1) is 6.92 Å². The number of halogens is 1. The molecule has 0 aromatic heterocycles. The van der Waals surface area contributed by atoms with E-state index in [9.17, 15) is 5.11 Å². The van der Waals surface area contributed by atoms with E-state index in [-0.39, 0.29) is 6.04 Å². The first-order valence-corrected chi connectivity index (χ1v) is 5.26. The quantitative estimate of drug-likeness (QED) is 0.773. The maximum atomic E-state index is 9.78. The highest BCUT2D eigenvalue weighted by Crippen LogP contribution is 2.26. The minimum atomic E-state index is 0.212. The van der Waals surface area contributed by atoms with Crippen molar-refractivity contribution in [3.63, 3.8) is 0 Å². The van der Waals surface area contributed by atoms with Crippen LogP contribution >= 0.6 is 11.6 Å². The van der Waals surface area contributed by atoms with Gasteiger partial charge in [-0.25, -0.2) is 0 Å². The summed E-state index contributed by atoms with van der Waals surface area (Å²) in [6, 6.07) is 3.73. The van der Waals surface area contributed by atoms with Crippen molar-refractivity contribution in [3.8, 4) is 5.75 Å². The zero-order valence-electron chi connectivity index (χ0n) is 9.05. The number of aromatic hydroxyl groups is 1. The zero-order valence-corrected chi connectivity index (χ0v) is 9.80. The number of hydrogen-bond acceptors (Lipinski definition) is 2. The lowest BCUT2D eigenvalue weighted by Gasteiger charge is -2.12. The van der Waals surface area contributed by atoms with Gasteiger partial charge in [0.05, 0.1) is 0 Å². The van der Waals surface area contributed by atoms with E-state index in [4.69, 9.17) is 11.6 Å². The fourth-order valence-electron chi connectivity index (χ4n) is 1.29. The Morgan fingerprint density at radius 1 is 1.60 bits per heavy atom. The Morgan fingerprint density at radius 2 is 2.27 bits per heavy atom. The Bertz CT molecular complexity index is 363. The van der Waals surface area contributed by atoms with E-state index in [0.717, 1.165) is 11.1 Å². The molecule has 1 unspecified atom stereocenters. The molecule has 15 heavy (non-hydrogen) atoms. The average Bonchev–Trinajstić information content (AvgIpc) is 2.20. The maximum Gasteiger partial charge on any atom is 0.123 e. The Kier molecular flexibility index (Phi) is 4.18. The summed E-state index contributed by atoms with van der Waals surface area (Å²) in [4.78, 5) is 0. The van der Waals surface area contributed by atoms with Gasteiger partial charge in [-0.2, -0.15) is 0 Å². The Labute approximate surface area is 95.6 Å². The molecule has 0 aliphatic rings. The van der Waals surface area contributed by atoms with Crippen molar-refractivity contribution in [3.05, 3.63) is 40.9 Å². The molecule has 1 aromatic carbocycles. The minimum absolute atomic E-state index is 0.212. The fraction of sp³-hybridized carbons (Fsp3) is 0.333. The smallest absolute Gasteiger partial charge is 0.123 e. The van der Waals surface area contributed by atoms with Crippen molar-refractivity contribution in [2.75, 3.05) is 0 Å². The molecule has 0 saturated carbocycles. The van der Waals surface area contributed by atoms with Crippen LogP contribution in [0.4, 0.5) is 0 Å². The molecule has 2 nitrogen and oxygen atoms in total. The van der Waals surface area contributed by atoms with Crippen LogP contribution in [0.5, 0.6) is 5.75 Å². The van der Waals surface area contributed by atoms with Gasteiger partial charge in [0.15, 0.2) is 0 Å². The van der Waals surface area contributed by atoms with Crippen molar-refractivity contribution < 1.29 is 5.11 Å². The molecule has 0 saturated heterocycles. The molecule has 1 atom stereocenters. The molecule has 0 aliphatic carbocycles. The molecular formula is C12H16ClNO. The molecule has 0 fully saturated rings. The number of phenolic OH excluding ortho intramolecular Hbond substituents is 1. The maximum absolute atomic E-state index is 9.78. The van der Waals surface area contributed by atoms with E-state index in [1.165, 1.54) is 0 Å². The standard InChI is InChI=1S/C12H16ClNO/c1-4-9(3)14-7-10-6-11(13)5-8(2)12(10)15/h4-6,9,14-15H,1,7H2,2-3H3. The van der Waals surface area contributed by atoms with Crippen molar-refractivity contribution in [2.45, 2.75) is 26.4 Å². The molecular weight excluding hydrogens is 210 g/mol. The average molecular weight is 226 g/mol. The highest BCUT2D eigenvalue weighted by Gasteiger charge is 2.06. The second kappa shape index (κ2) is 5.19. The monoisotopic (exact) mass is 225 g/mol. The molecule has 2 N–H and O–H groups in total. The van der Waals surface area contributed by atoms with E-state index in [0.29, 0.717) is 17.3 Å². The van der Waals surface area contributed by atoms with Gasteiger partial charge in [0, 0.05) is 23.2 Å². The summed E-state index contributed by atoms with van der Waals surface area (Å²) < 4.78 is 0. The lowest BCUT2D eigenvalue weighted by molar-refractivity contribution is 0.459. The molecule has 0 bridgehead atoms. The number of hydrogen-bond donors (Lipinski definition) is 2. The summed E-state index contributed by atoms with van der Waals surface area (Å²) in [7, 11) is 0. The van der Waals surface area contributed by atoms with Gasteiger partial charge in [-0.05, 0) is 31.5 Å².